The highest BCUT2D eigenvalue weighted by Crippen LogP contribution is 2.20. The molecule has 0 aliphatic carbocycles. The number of rotatable bonds is 5. The van der Waals surface area contributed by atoms with E-state index in [1.807, 2.05) is 42.5 Å². The molecule has 2 unspecified atom stereocenters. The summed E-state index contributed by atoms with van der Waals surface area (Å²) in [4.78, 5) is 13.4. The Bertz CT molecular complexity index is 1230. The predicted molar refractivity (Wildman–Crippen MR) is 128 cm³/mol. The van der Waals surface area contributed by atoms with E-state index in [1.165, 1.54) is 12.3 Å². The zero-order chi connectivity index (χ0) is 23.4. The summed E-state index contributed by atoms with van der Waals surface area (Å²) < 4.78 is 24.0. The topological polar surface area (TPSA) is 87.2 Å². The fourth-order valence-corrected chi connectivity index (χ4v) is 4.58. The Labute approximate surface area is 195 Å². The minimum absolute atomic E-state index is 0.412. The number of anilines is 1. The lowest BCUT2D eigenvalue weighted by molar-refractivity contribution is -0.145. The number of benzene rings is 3. The molecular weight excluding hydrogens is 438 g/mol. The van der Waals surface area contributed by atoms with Crippen LogP contribution in [0.2, 0.25) is 0 Å². The number of hydrogen-bond acceptors (Lipinski definition) is 5. The number of carboxylic acids is 1. The third kappa shape index (κ3) is 5.41. The summed E-state index contributed by atoms with van der Waals surface area (Å²) in [7, 11) is 0. The van der Waals surface area contributed by atoms with Gasteiger partial charge in [0.25, 0.3) is 0 Å². The van der Waals surface area contributed by atoms with E-state index < -0.39 is 23.3 Å². The monoisotopic (exact) mass is 462 g/mol. The molecule has 0 spiro atoms. The minimum Gasteiger partial charge on any atom is -0.759 e. The van der Waals surface area contributed by atoms with E-state index in [-0.39, 0.29) is 0 Å². The van der Waals surface area contributed by atoms with Crippen molar-refractivity contribution in [3.05, 3.63) is 77.9 Å². The summed E-state index contributed by atoms with van der Waals surface area (Å²) in [6, 6.07) is 21.2. The number of carbonyl (C=O) groups is 1. The van der Waals surface area contributed by atoms with Gasteiger partial charge < -0.3 is 14.6 Å². The van der Waals surface area contributed by atoms with Gasteiger partial charge in [0.2, 0.25) is 0 Å². The van der Waals surface area contributed by atoms with Crippen molar-refractivity contribution in [2.24, 2.45) is 0 Å². The Kier molecular flexibility index (Phi) is 7.06. The molecule has 170 valence electrons. The van der Waals surface area contributed by atoms with Gasteiger partial charge in [-0.25, -0.2) is 5.01 Å². The van der Waals surface area contributed by atoms with Gasteiger partial charge in [-0.2, -0.15) is 4.41 Å². The standard InChI is InChI=1S/C25H25N3O4S/c1-19(25(29)30)28(33(31)32)27-16-14-26(15-17-27)24-12-9-20(10-13-24)6-7-21-8-11-22-4-2-3-5-23(22)18-21/h2-5,8-13,18-19H,14-17H2,1H3,(H,29,30)(H,31,32)/p-1. The van der Waals surface area contributed by atoms with Crippen molar-refractivity contribution < 1.29 is 18.7 Å². The lowest BCUT2D eigenvalue weighted by Gasteiger charge is -2.43. The van der Waals surface area contributed by atoms with Gasteiger partial charge in [-0.15, -0.1) is 0 Å². The van der Waals surface area contributed by atoms with Crippen LogP contribution in [0.3, 0.4) is 0 Å². The van der Waals surface area contributed by atoms with Gasteiger partial charge in [0.1, 0.15) is 6.04 Å². The molecule has 1 aliphatic heterocycles. The van der Waals surface area contributed by atoms with Crippen LogP contribution in [0.25, 0.3) is 10.8 Å². The Morgan fingerprint density at radius 3 is 2.21 bits per heavy atom. The molecule has 0 radical (unpaired) electrons. The molecule has 0 aromatic heterocycles. The van der Waals surface area contributed by atoms with E-state index in [2.05, 4.69) is 41.0 Å². The maximum absolute atomic E-state index is 11.6. The third-order valence-corrected chi connectivity index (χ3v) is 6.56. The summed E-state index contributed by atoms with van der Waals surface area (Å²) in [5.41, 5.74) is 2.89. The Morgan fingerprint density at radius 2 is 1.58 bits per heavy atom. The van der Waals surface area contributed by atoms with Crippen LogP contribution in [0.5, 0.6) is 0 Å². The third-order valence-electron chi connectivity index (χ3n) is 5.71. The van der Waals surface area contributed by atoms with Gasteiger partial charge in [0, 0.05) is 54.3 Å². The summed E-state index contributed by atoms with van der Waals surface area (Å²) in [5.74, 6) is 5.25. The normalized spacial score (nSPS) is 16.3. The second kappa shape index (κ2) is 10.1. The molecule has 1 aliphatic rings. The number of piperazine rings is 1. The highest BCUT2D eigenvalue weighted by Gasteiger charge is 2.30. The molecule has 1 N–H and O–H groups in total. The average Bonchev–Trinajstić information content (AvgIpc) is 2.83. The van der Waals surface area contributed by atoms with Gasteiger partial charge in [0.15, 0.2) is 0 Å². The summed E-state index contributed by atoms with van der Waals surface area (Å²) in [6.45, 7) is 3.36. The first-order chi connectivity index (χ1) is 15.9. The fraction of sp³-hybridized carbons (Fsp3) is 0.240. The predicted octanol–water partition coefficient (Wildman–Crippen LogP) is 2.85. The molecule has 4 rings (SSSR count). The Morgan fingerprint density at radius 1 is 0.970 bits per heavy atom. The van der Waals surface area contributed by atoms with E-state index in [0.717, 1.165) is 26.6 Å². The maximum Gasteiger partial charge on any atom is 0.323 e. The average molecular weight is 463 g/mol. The molecule has 3 aromatic rings. The molecule has 7 nitrogen and oxygen atoms in total. The number of carboxylic acid groups (broad SMARTS) is 1. The van der Waals surface area contributed by atoms with Crippen molar-refractivity contribution in [3.63, 3.8) is 0 Å². The molecular formula is C25H24N3O4S-. The Hall–Kier alpha value is -3.22. The van der Waals surface area contributed by atoms with Crippen molar-refractivity contribution in [1.29, 1.82) is 0 Å². The number of nitrogens with zero attached hydrogens (tertiary/aromatic N) is 3. The molecule has 3 aromatic carbocycles. The largest absolute Gasteiger partial charge is 0.759 e. The smallest absolute Gasteiger partial charge is 0.323 e. The fourth-order valence-electron chi connectivity index (χ4n) is 3.88. The molecule has 0 bridgehead atoms. The van der Waals surface area contributed by atoms with Crippen LogP contribution in [0.1, 0.15) is 18.1 Å². The van der Waals surface area contributed by atoms with E-state index in [1.54, 1.807) is 5.01 Å². The first-order valence-corrected chi connectivity index (χ1v) is 11.7. The number of hydrazine groups is 1. The van der Waals surface area contributed by atoms with Gasteiger partial charge in [-0.3, -0.25) is 9.00 Å². The van der Waals surface area contributed by atoms with Crippen molar-refractivity contribution in [1.82, 2.24) is 9.42 Å². The lowest BCUT2D eigenvalue weighted by atomic mass is 10.1. The SMILES string of the molecule is CC(C(=O)O)N(N1CCN(c2ccc(C#Cc3ccc4ccccc4c3)cc2)CC1)S(=O)[O-]. The summed E-state index contributed by atoms with van der Waals surface area (Å²) in [6.07, 6.45) is 0. The van der Waals surface area contributed by atoms with Crippen molar-refractivity contribution in [3.8, 4) is 11.8 Å². The summed E-state index contributed by atoms with van der Waals surface area (Å²) in [5, 5.41) is 13.1. The van der Waals surface area contributed by atoms with Crippen LogP contribution < -0.4 is 4.90 Å². The number of hydrogen-bond donors (Lipinski definition) is 1. The minimum atomic E-state index is -2.64. The van der Waals surface area contributed by atoms with Gasteiger partial charge >= 0.3 is 5.97 Å². The van der Waals surface area contributed by atoms with Crippen molar-refractivity contribution in [2.45, 2.75) is 13.0 Å². The lowest BCUT2D eigenvalue weighted by Crippen LogP contribution is -2.58. The molecule has 8 heteroatoms. The van der Waals surface area contributed by atoms with E-state index in [0.29, 0.717) is 26.2 Å². The van der Waals surface area contributed by atoms with Crippen molar-refractivity contribution in [2.75, 3.05) is 31.1 Å². The van der Waals surface area contributed by atoms with Crippen LogP contribution in [0.15, 0.2) is 66.7 Å². The Balaban J connectivity index is 1.39. The molecule has 2 atom stereocenters. The van der Waals surface area contributed by atoms with Crippen LogP contribution in [-0.2, 0) is 16.1 Å². The van der Waals surface area contributed by atoms with Crippen LogP contribution in [0, 0.1) is 11.8 Å². The molecule has 33 heavy (non-hydrogen) atoms. The highest BCUT2D eigenvalue weighted by atomic mass is 32.2. The van der Waals surface area contributed by atoms with Crippen LogP contribution in [-0.4, -0.2) is 61.5 Å². The molecule has 1 fully saturated rings. The summed E-state index contributed by atoms with van der Waals surface area (Å²) >= 11 is -2.64. The van der Waals surface area contributed by atoms with Gasteiger partial charge in [-0.05, 0) is 54.1 Å². The van der Waals surface area contributed by atoms with Crippen LogP contribution >= 0.6 is 0 Å². The van der Waals surface area contributed by atoms with Crippen LogP contribution in [0.4, 0.5) is 5.69 Å². The molecule has 1 heterocycles. The molecule has 0 saturated carbocycles. The second-order valence-corrected chi connectivity index (χ2v) is 8.64. The van der Waals surface area contributed by atoms with Gasteiger partial charge in [0.05, 0.1) is 0 Å². The van der Waals surface area contributed by atoms with E-state index in [4.69, 9.17) is 0 Å². The number of aliphatic carboxylic acids is 1. The first kappa shape index (κ1) is 23.0. The first-order valence-electron chi connectivity index (χ1n) is 10.6. The van der Waals surface area contributed by atoms with Crippen molar-refractivity contribution >= 4 is 33.7 Å². The maximum atomic E-state index is 11.6. The van der Waals surface area contributed by atoms with Gasteiger partial charge in [-0.1, -0.05) is 42.2 Å². The molecule has 1 saturated heterocycles. The second-order valence-electron chi connectivity index (χ2n) is 7.83. The number of fused-ring (bicyclic) bond motifs is 1. The zero-order valence-electron chi connectivity index (χ0n) is 18.2. The highest BCUT2D eigenvalue weighted by molar-refractivity contribution is 7.76. The van der Waals surface area contributed by atoms with E-state index >= 15 is 0 Å². The zero-order valence-corrected chi connectivity index (χ0v) is 19.0. The quantitative estimate of drug-likeness (QED) is 0.464. The molecule has 0 amide bonds. The van der Waals surface area contributed by atoms with E-state index in [9.17, 15) is 18.7 Å².